The lowest BCUT2D eigenvalue weighted by Gasteiger charge is -2.38. The molecule has 2 atom stereocenters. The molecule has 1 fully saturated rings. The van der Waals surface area contributed by atoms with Crippen LogP contribution in [-0.2, 0) is 4.74 Å². The van der Waals surface area contributed by atoms with Crippen molar-refractivity contribution in [2.75, 3.05) is 0 Å². The first-order chi connectivity index (χ1) is 9.27. The van der Waals surface area contributed by atoms with Gasteiger partial charge in [0.25, 0.3) is 0 Å². The van der Waals surface area contributed by atoms with Crippen molar-refractivity contribution in [3.8, 4) is 0 Å². The van der Waals surface area contributed by atoms with E-state index in [9.17, 15) is 9.18 Å². The van der Waals surface area contributed by atoms with Crippen LogP contribution in [0.2, 0.25) is 0 Å². The monoisotopic (exact) mass is 278 g/mol. The maximum Gasteiger partial charge on any atom is 0.341 e. The Kier molecular flexibility index (Phi) is 4.17. The predicted molar refractivity (Wildman–Crippen MR) is 77.1 cm³/mol. The van der Waals surface area contributed by atoms with Gasteiger partial charge in [-0.2, -0.15) is 0 Å². The molecule has 0 bridgehead atoms. The molecule has 0 aliphatic heterocycles. The minimum atomic E-state index is -0.541. The van der Waals surface area contributed by atoms with E-state index in [0.29, 0.717) is 5.92 Å². The molecule has 1 saturated carbocycles. The van der Waals surface area contributed by atoms with Gasteiger partial charge in [-0.1, -0.05) is 32.4 Å². The summed E-state index contributed by atoms with van der Waals surface area (Å²) in [5, 5.41) is 0. The zero-order chi connectivity index (χ0) is 14.9. The van der Waals surface area contributed by atoms with E-state index in [0.717, 1.165) is 24.8 Å². The smallest absolute Gasteiger partial charge is 0.341 e. The van der Waals surface area contributed by atoms with Gasteiger partial charge in [-0.25, -0.2) is 9.18 Å². The molecule has 1 aromatic rings. The van der Waals surface area contributed by atoms with Crippen LogP contribution in [0.15, 0.2) is 18.2 Å². The van der Waals surface area contributed by atoms with Gasteiger partial charge in [-0.05, 0) is 49.7 Å². The summed E-state index contributed by atoms with van der Waals surface area (Å²) >= 11 is 0. The second kappa shape index (κ2) is 5.55. The van der Waals surface area contributed by atoms with Crippen molar-refractivity contribution in [3.05, 3.63) is 35.1 Å². The fourth-order valence-electron chi connectivity index (χ4n) is 3.36. The van der Waals surface area contributed by atoms with Crippen molar-refractivity contribution in [1.29, 1.82) is 0 Å². The van der Waals surface area contributed by atoms with Crippen LogP contribution in [0.5, 0.6) is 0 Å². The van der Waals surface area contributed by atoms with Crippen LogP contribution in [0.4, 0.5) is 4.39 Å². The van der Waals surface area contributed by atoms with Crippen molar-refractivity contribution in [2.24, 2.45) is 11.3 Å². The van der Waals surface area contributed by atoms with Crippen LogP contribution in [0.1, 0.15) is 56.0 Å². The Morgan fingerprint density at radius 2 is 2.05 bits per heavy atom. The second-order valence-electron chi connectivity index (χ2n) is 6.92. The van der Waals surface area contributed by atoms with Crippen LogP contribution >= 0.6 is 0 Å². The van der Waals surface area contributed by atoms with Crippen molar-refractivity contribution in [1.82, 2.24) is 0 Å². The molecule has 0 N–H and O–H groups in total. The Morgan fingerprint density at radius 3 is 2.70 bits per heavy atom. The van der Waals surface area contributed by atoms with Crippen molar-refractivity contribution in [2.45, 2.75) is 53.1 Å². The van der Waals surface area contributed by atoms with E-state index in [1.165, 1.54) is 6.07 Å². The molecular weight excluding hydrogens is 255 g/mol. The molecule has 0 spiro atoms. The molecule has 3 heteroatoms. The number of carbonyl (C=O) groups excluding carboxylic acids is 1. The highest BCUT2D eigenvalue weighted by molar-refractivity contribution is 5.90. The molecule has 20 heavy (non-hydrogen) atoms. The standard InChI is InChI=1S/C17H23FO2/c1-11-5-6-15(18)14(8-11)16(19)20-13-7-12(2)9-17(3,4)10-13/h5-6,8,12-13H,7,9-10H2,1-4H3. The Labute approximate surface area is 120 Å². The number of ether oxygens (including phenoxy) is 1. The summed E-state index contributed by atoms with van der Waals surface area (Å²) in [6, 6.07) is 4.52. The molecule has 0 radical (unpaired) electrons. The highest BCUT2D eigenvalue weighted by atomic mass is 19.1. The Hall–Kier alpha value is -1.38. The minimum Gasteiger partial charge on any atom is -0.459 e. The summed E-state index contributed by atoms with van der Waals surface area (Å²) < 4.78 is 19.2. The van der Waals surface area contributed by atoms with Crippen LogP contribution in [0.25, 0.3) is 0 Å². The number of halogens is 1. The van der Waals surface area contributed by atoms with Crippen LogP contribution < -0.4 is 0 Å². The summed E-state index contributed by atoms with van der Waals surface area (Å²) in [5.41, 5.74) is 1.07. The van der Waals surface area contributed by atoms with Crippen LogP contribution in [0.3, 0.4) is 0 Å². The number of hydrogen-bond donors (Lipinski definition) is 0. The fraction of sp³-hybridized carbons (Fsp3) is 0.588. The van der Waals surface area contributed by atoms with E-state index in [1.54, 1.807) is 12.1 Å². The normalized spacial score (nSPS) is 25.2. The topological polar surface area (TPSA) is 26.3 Å². The van der Waals surface area contributed by atoms with Gasteiger partial charge in [0.1, 0.15) is 11.9 Å². The molecule has 110 valence electrons. The molecule has 1 aromatic carbocycles. The SMILES string of the molecule is Cc1ccc(F)c(C(=O)OC2CC(C)CC(C)(C)C2)c1. The number of hydrogen-bond acceptors (Lipinski definition) is 2. The van der Waals surface area contributed by atoms with Crippen molar-refractivity contribution in [3.63, 3.8) is 0 Å². The molecule has 2 rings (SSSR count). The Morgan fingerprint density at radius 1 is 1.35 bits per heavy atom. The van der Waals surface area contributed by atoms with E-state index in [2.05, 4.69) is 20.8 Å². The molecule has 0 saturated heterocycles. The quantitative estimate of drug-likeness (QED) is 0.744. The summed E-state index contributed by atoms with van der Waals surface area (Å²) in [6.07, 6.45) is 2.74. The zero-order valence-electron chi connectivity index (χ0n) is 12.7. The van der Waals surface area contributed by atoms with Gasteiger partial charge in [0.05, 0.1) is 5.56 Å². The molecule has 0 heterocycles. The number of rotatable bonds is 2. The molecular formula is C17H23FO2. The lowest BCUT2D eigenvalue weighted by atomic mass is 9.71. The highest BCUT2D eigenvalue weighted by Gasteiger charge is 2.34. The van der Waals surface area contributed by atoms with Crippen LogP contribution in [0, 0.1) is 24.1 Å². The van der Waals surface area contributed by atoms with E-state index in [-0.39, 0.29) is 17.1 Å². The number of carbonyl (C=O) groups is 1. The predicted octanol–water partition coefficient (Wildman–Crippen LogP) is 4.51. The maximum atomic E-state index is 13.7. The van der Waals surface area contributed by atoms with E-state index >= 15 is 0 Å². The van der Waals surface area contributed by atoms with E-state index in [1.807, 2.05) is 6.92 Å². The largest absolute Gasteiger partial charge is 0.459 e. The zero-order valence-corrected chi connectivity index (χ0v) is 12.7. The molecule has 0 amide bonds. The van der Waals surface area contributed by atoms with Gasteiger partial charge in [-0.3, -0.25) is 0 Å². The number of esters is 1. The first-order valence-electron chi connectivity index (χ1n) is 7.24. The van der Waals surface area contributed by atoms with Gasteiger partial charge in [0, 0.05) is 0 Å². The summed E-state index contributed by atoms with van der Waals surface area (Å²) in [7, 11) is 0. The Bertz CT molecular complexity index is 508. The second-order valence-corrected chi connectivity index (χ2v) is 6.92. The minimum absolute atomic E-state index is 0.0426. The van der Waals surface area contributed by atoms with Gasteiger partial charge in [0.2, 0.25) is 0 Å². The van der Waals surface area contributed by atoms with Crippen molar-refractivity contribution >= 4 is 5.97 Å². The summed E-state index contributed by atoms with van der Waals surface area (Å²) in [4.78, 5) is 12.1. The molecule has 0 aromatic heterocycles. The Balaban J connectivity index is 2.09. The summed E-state index contributed by atoms with van der Waals surface area (Å²) in [6.45, 7) is 8.39. The fourth-order valence-corrected chi connectivity index (χ4v) is 3.36. The first-order valence-corrected chi connectivity index (χ1v) is 7.24. The van der Waals surface area contributed by atoms with E-state index in [4.69, 9.17) is 4.74 Å². The van der Waals surface area contributed by atoms with Gasteiger partial charge in [0.15, 0.2) is 0 Å². The average molecular weight is 278 g/mol. The average Bonchev–Trinajstić information content (AvgIpc) is 2.29. The van der Waals surface area contributed by atoms with Crippen molar-refractivity contribution < 1.29 is 13.9 Å². The van der Waals surface area contributed by atoms with Crippen LogP contribution in [-0.4, -0.2) is 12.1 Å². The maximum absolute atomic E-state index is 13.7. The van der Waals surface area contributed by atoms with Gasteiger partial charge < -0.3 is 4.74 Å². The third kappa shape index (κ3) is 3.59. The molecule has 1 aliphatic carbocycles. The number of benzene rings is 1. The lowest BCUT2D eigenvalue weighted by Crippen LogP contribution is -2.34. The van der Waals surface area contributed by atoms with E-state index < -0.39 is 11.8 Å². The third-order valence-corrected chi connectivity index (χ3v) is 3.96. The molecule has 1 aliphatic rings. The summed E-state index contributed by atoms with van der Waals surface area (Å²) in [5.74, 6) is -0.524. The first kappa shape index (κ1) is 15.0. The lowest BCUT2D eigenvalue weighted by molar-refractivity contribution is -0.00751. The molecule has 2 nitrogen and oxygen atoms in total. The van der Waals surface area contributed by atoms with Gasteiger partial charge in [-0.15, -0.1) is 0 Å². The highest BCUT2D eigenvalue weighted by Crippen LogP contribution is 2.39. The molecule has 2 unspecified atom stereocenters. The third-order valence-electron chi connectivity index (χ3n) is 3.96. The van der Waals surface area contributed by atoms with Gasteiger partial charge >= 0.3 is 5.97 Å². The number of aryl methyl sites for hydroxylation is 1.